The molecule has 0 spiro atoms. The van der Waals surface area contributed by atoms with Crippen molar-refractivity contribution in [3.63, 3.8) is 0 Å². The first-order valence-electron chi connectivity index (χ1n) is 10.8. The molecule has 2 aromatic carbocycles. The molecular formula is C25H26N4O2. The zero-order valence-electron chi connectivity index (χ0n) is 17.3. The van der Waals surface area contributed by atoms with E-state index in [1.54, 1.807) is 12.4 Å². The van der Waals surface area contributed by atoms with Crippen molar-refractivity contribution in [1.29, 1.82) is 0 Å². The molecule has 158 valence electrons. The minimum Gasteiger partial charge on any atom is -0.385 e. The van der Waals surface area contributed by atoms with Crippen molar-refractivity contribution in [2.24, 2.45) is 11.8 Å². The predicted octanol–water partition coefficient (Wildman–Crippen LogP) is 3.98. The molecule has 1 saturated carbocycles. The fourth-order valence-electron chi connectivity index (χ4n) is 5.11. The van der Waals surface area contributed by atoms with Gasteiger partial charge in [-0.2, -0.15) is 0 Å². The Kier molecular flexibility index (Phi) is 5.16. The minimum atomic E-state index is -0.876. The molecule has 1 amide bonds. The van der Waals surface area contributed by atoms with Crippen molar-refractivity contribution >= 4 is 17.5 Å². The molecule has 1 aromatic heterocycles. The molecule has 1 aliphatic carbocycles. The molecule has 6 heteroatoms. The second kappa shape index (κ2) is 8.12. The molecule has 3 atom stereocenters. The Morgan fingerprint density at radius 3 is 2.39 bits per heavy atom. The largest absolute Gasteiger partial charge is 0.385 e. The highest BCUT2D eigenvalue weighted by Crippen LogP contribution is 2.48. The molecule has 6 nitrogen and oxygen atoms in total. The highest BCUT2D eigenvalue weighted by atomic mass is 16.3. The number of aromatic nitrogens is 2. The molecule has 0 radical (unpaired) electrons. The fourth-order valence-corrected chi connectivity index (χ4v) is 5.11. The quantitative estimate of drug-likeness (QED) is 0.675. The SMILES string of the molecule is O=C(c1cnc(Nc2ccccc2)nc1)N1C[C@@H]2CCC[C@@](O)(c3ccccc3)[C@@H]2C1. The smallest absolute Gasteiger partial charge is 0.257 e. The molecule has 5 rings (SSSR count). The summed E-state index contributed by atoms with van der Waals surface area (Å²) in [6, 6.07) is 19.6. The average Bonchev–Trinajstić information content (AvgIpc) is 3.27. The van der Waals surface area contributed by atoms with E-state index in [0.29, 0.717) is 30.5 Å². The summed E-state index contributed by atoms with van der Waals surface area (Å²) in [6.07, 6.45) is 5.90. The Morgan fingerprint density at radius 2 is 1.68 bits per heavy atom. The van der Waals surface area contributed by atoms with Gasteiger partial charge in [0.2, 0.25) is 5.95 Å². The molecule has 31 heavy (non-hydrogen) atoms. The van der Waals surface area contributed by atoms with Gasteiger partial charge in [-0.1, -0.05) is 48.5 Å². The summed E-state index contributed by atoms with van der Waals surface area (Å²) < 4.78 is 0. The molecule has 1 aliphatic heterocycles. The van der Waals surface area contributed by atoms with Gasteiger partial charge in [-0.05, 0) is 42.9 Å². The molecular weight excluding hydrogens is 388 g/mol. The number of fused-ring (bicyclic) bond motifs is 1. The van der Waals surface area contributed by atoms with E-state index in [4.69, 9.17) is 0 Å². The number of nitrogens with one attached hydrogen (secondary N) is 1. The summed E-state index contributed by atoms with van der Waals surface area (Å²) in [7, 11) is 0. The Hall–Kier alpha value is -3.25. The number of nitrogens with zero attached hydrogens (tertiary/aromatic N) is 3. The number of aliphatic hydroxyl groups is 1. The van der Waals surface area contributed by atoms with Gasteiger partial charge in [-0.15, -0.1) is 0 Å². The topological polar surface area (TPSA) is 78.4 Å². The van der Waals surface area contributed by atoms with E-state index in [-0.39, 0.29) is 11.8 Å². The van der Waals surface area contributed by atoms with Crippen LogP contribution >= 0.6 is 0 Å². The normalized spacial score (nSPS) is 25.1. The van der Waals surface area contributed by atoms with E-state index in [1.807, 2.05) is 65.6 Å². The Labute approximate surface area is 182 Å². The molecule has 2 heterocycles. The van der Waals surface area contributed by atoms with Crippen LogP contribution in [-0.4, -0.2) is 39.0 Å². The Bertz CT molecular complexity index is 1040. The van der Waals surface area contributed by atoms with Crippen LogP contribution in [0.15, 0.2) is 73.1 Å². The van der Waals surface area contributed by atoms with E-state index in [9.17, 15) is 9.90 Å². The number of hydrogen-bond donors (Lipinski definition) is 2. The van der Waals surface area contributed by atoms with Crippen molar-refractivity contribution in [2.45, 2.75) is 24.9 Å². The number of hydrogen-bond acceptors (Lipinski definition) is 5. The summed E-state index contributed by atoms with van der Waals surface area (Å²) in [6.45, 7) is 1.22. The first-order valence-corrected chi connectivity index (χ1v) is 10.8. The van der Waals surface area contributed by atoms with Gasteiger partial charge in [-0.3, -0.25) is 4.79 Å². The van der Waals surface area contributed by atoms with Crippen molar-refractivity contribution in [2.75, 3.05) is 18.4 Å². The molecule has 2 fully saturated rings. The van der Waals surface area contributed by atoms with Crippen LogP contribution in [0.1, 0.15) is 35.2 Å². The summed E-state index contributed by atoms with van der Waals surface area (Å²) in [5.74, 6) is 0.739. The van der Waals surface area contributed by atoms with Gasteiger partial charge in [0.25, 0.3) is 5.91 Å². The van der Waals surface area contributed by atoms with E-state index in [0.717, 1.165) is 30.5 Å². The van der Waals surface area contributed by atoms with Crippen molar-refractivity contribution in [1.82, 2.24) is 14.9 Å². The van der Waals surface area contributed by atoms with E-state index >= 15 is 0 Å². The number of anilines is 2. The van der Waals surface area contributed by atoms with Crippen LogP contribution in [0.4, 0.5) is 11.6 Å². The second-order valence-electron chi connectivity index (χ2n) is 8.55. The molecule has 0 bridgehead atoms. The summed E-state index contributed by atoms with van der Waals surface area (Å²) in [4.78, 5) is 23.6. The van der Waals surface area contributed by atoms with Crippen LogP contribution in [0.3, 0.4) is 0 Å². The molecule has 2 aliphatic rings. The van der Waals surface area contributed by atoms with Crippen LogP contribution in [0, 0.1) is 11.8 Å². The summed E-state index contributed by atoms with van der Waals surface area (Å²) >= 11 is 0. The number of amides is 1. The number of carbonyl (C=O) groups is 1. The van der Waals surface area contributed by atoms with Crippen LogP contribution in [0.5, 0.6) is 0 Å². The Balaban J connectivity index is 1.31. The Morgan fingerprint density at radius 1 is 1.00 bits per heavy atom. The van der Waals surface area contributed by atoms with Gasteiger partial charge in [0.15, 0.2) is 0 Å². The first-order chi connectivity index (χ1) is 15.1. The maximum atomic E-state index is 13.2. The highest BCUT2D eigenvalue weighted by Gasteiger charge is 2.50. The third-order valence-electron chi connectivity index (χ3n) is 6.68. The van der Waals surface area contributed by atoms with Crippen molar-refractivity contribution < 1.29 is 9.90 Å². The monoisotopic (exact) mass is 414 g/mol. The molecule has 0 unspecified atom stereocenters. The third kappa shape index (κ3) is 3.79. The van der Waals surface area contributed by atoms with Crippen molar-refractivity contribution in [3.05, 3.63) is 84.2 Å². The van der Waals surface area contributed by atoms with Gasteiger partial charge < -0.3 is 15.3 Å². The first kappa shape index (κ1) is 19.7. The lowest BCUT2D eigenvalue weighted by Crippen LogP contribution is -2.42. The lowest BCUT2D eigenvalue weighted by Gasteiger charge is -2.41. The van der Waals surface area contributed by atoms with E-state index in [1.165, 1.54) is 0 Å². The lowest BCUT2D eigenvalue weighted by atomic mass is 9.67. The summed E-state index contributed by atoms with van der Waals surface area (Å²) in [5.41, 5.74) is 1.45. The van der Waals surface area contributed by atoms with E-state index in [2.05, 4.69) is 15.3 Å². The lowest BCUT2D eigenvalue weighted by molar-refractivity contribution is -0.0644. The average molecular weight is 415 g/mol. The van der Waals surface area contributed by atoms with Gasteiger partial charge in [-0.25, -0.2) is 9.97 Å². The van der Waals surface area contributed by atoms with Crippen LogP contribution in [0.2, 0.25) is 0 Å². The fraction of sp³-hybridized carbons (Fsp3) is 0.320. The second-order valence-corrected chi connectivity index (χ2v) is 8.55. The molecule has 1 saturated heterocycles. The zero-order valence-corrected chi connectivity index (χ0v) is 17.3. The molecule has 2 N–H and O–H groups in total. The number of likely N-dealkylation sites (tertiary alicyclic amines) is 1. The number of para-hydroxylation sites is 1. The number of carbonyl (C=O) groups excluding carboxylic acids is 1. The van der Waals surface area contributed by atoms with Gasteiger partial charge >= 0.3 is 0 Å². The van der Waals surface area contributed by atoms with Crippen molar-refractivity contribution in [3.8, 4) is 0 Å². The van der Waals surface area contributed by atoms with Crippen LogP contribution in [-0.2, 0) is 5.60 Å². The van der Waals surface area contributed by atoms with Gasteiger partial charge in [0.05, 0.1) is 11.2 Å². The van der Waals surface area contributed by atoms with Gasteiger partial charge in [0.1, 0.15) is 0 Å². The minimum absolute atomic E-state index is 0.0486. The third-order valence-corrected chi connectivity index (χ3v) is 6.68. The van der Waals surface area contributed by atoms with Crippen LogP contribution in [0.25, 0.3) is 0 Å². The maximum Gasteiger partial charge on any atom is 0.257 e. The van der Waals surface area contributed by atoms with E-state index < -0.39 is 5.60 Å². The summed E-state index contributed by atoms with van der Waals surface area (Å²) in [5, 5.41) is 14.7. The van der Waals surface area contributed by atoms with Crippen LogP contribution < -0.4 is 5.32 Å². The number of benzene rings is 2. The standard InChI is InChI=1S/C25H26N4O2/c30-23(19-14-26-24(27-15-19)28-21-11-5-2-6-12-21)29-16-18-8-7-13-25(31,22(18)17-29)20-9-3-1-4-10-20/h1-6,9-12,14-15,18,22,31H,7-8,13,16-17H2,(H,26,27,28)/t18-,22+,25+/m0/s1. The predicted molar refractivity (Wildman–Crippen MR) is 119 cm³/mol. The maximum absolute atomic E-state index is 13.2. The van der Waals surface area contributed by atoms with Gasteiger partial charge in [0, 0.05) is 37.1 Å². The number of rotatable bonds is 4. The zero-order chi connectivity index (χ0) is 21.3. The molecule has 3 aromatic rings. The highest BCUT2D eigenvalue weighted by molar-refractivity contribution is 5.94.